The minimum atomic E-state index is -0.0606. The van der Waals surface area contributed by atoms with E-state index in [1.165, 1.54) is 0 Å². The van der Waals surface area contributed by atoms with Gasteiger partial charge in [0, 0.05) is 13.2 Å². The van der Waals surface area contributed by atoms with E-state index in [0.29, 0.717) is 26.4 Å². The van der Waals surface area contributed by atoms with Crippen molar-refractivity contribution in [3.63, 3.8) is 0 Å². The standard InChI is InChI=1S/C12H21O3.Na/c1-3-7-14-9-5-12(11-13)6-10-15-8-4-2;/h3-4,12H,1-2,5-11H2;/q-1;+1. The summed E-state index contributed by atoms with van der Waals surface area (Å²) in [7, 11) is 0. The Balaban J connectivity index is 0. The van der Waals surface area contributed by atoms with Gasteiger partial charge in [-0.05, 0) is 12.8 Å². The van der Waals surface area contributed by atoms with E-state index in [9.17, 15) is 5.11 Å². The molecule has 0 heterocycles. The Kier molecular flexibility index (Phi) is 18.0. The van der Waals surface area contributed by atoms with Crippen LogP contribution in [-0.4, -0.2) is 33.0 Å². The van der Waals surface area contributed by atoms with E-state index < -0.39 is 0 Å². The Bertz CT molecular complexity index is 146. The first-order chi connectivity index (χ1) is 7.35. The number of hydrogen-bond donors (Lipinski definition) is 0. The molecule has 0 spiro atoms. The van der Waals surface area contributed by atoms with Gasteiger partial charge in [-0.3, -0.25) is 0 Å². The molecule has 4 heteroatoms. The Morgan fingerprint density at radius 3 is 1.75 bits per heavy atom. The third-order valence-electron chi connectivity index (χ3n) is 2.05. The zero-order valence-corrected chi connectivity index (χ0v) is 12.3. The van der Waals surface area contributed by atoms with Gasteiger partial charge in [0.1, 0.15) is 0 Å². The first-order valence-electron chi connectivity index (χ1n) is 5.30. The summed E-state index contributed by atoms with van der Waals surface area (Å²) in [4.78, 5) is 0. The molecule has 3 nitrogen and oxygen atoms in total. The zero-order chi connectivity index (χ0) is 11.4. The van der Waals surface area contributed by atoms with Crippen molar-refractivity contribution in [3.8, 4) is 0 Å². The van der Waals surface area contributed by atoms with Gasteiger partial charge in [0.05, 0.1) is 13.2 Å². The quantitative estimate of drug-likeness (QED) is 0.240. The molecule has 0 aromatic carbocycles. The summed E-state index contributed by atoms with van der Waals surface area (Å²) in [6.07, 6.45) is 5.02. The van der Waals surface area contributed by atoms with Crippen molar-refractivity contribution < 1.29 is 44.1 Å². The molecule has 0 aromatic rings. The van der Waals surface area contributed by atoms with Crippen molar-refractivity contribution in [2.24, 2.45) is 5.92 Å². The van der Waals surface area contributed by atoms with E-state index in [-0.39, 0.29) is 42.1 Å². The van der Waals surface area contributed by atoms with Crippen LogP contribution >= 0.6 is 0 Å². The summed E-state index contributed by atoms with van der Waals surface area (Å²) in [6, 6.07) is 0. The summed E-state index contributed by atoms with van der Waals surface area (Å²) in [5.41, 5.74) is 0. The van der Waals surface area contributed by atoms with Crippen molar-refractivity contribution in [3.05, 3.63) is 25.3 Å². The van der Waals surface area contributed by atoms with Crippen LogP contribution in [0.15, 0.2) is 25.3 Å². The molecule has 0 aliphatic carbocycles. The molecular formula is C12H21NaO3. The average Bonchev–Trinajstić information content (AvgIpc) is 2.27. The molecule has 0 aromatic heterocycles. The third kappa shape index (κ3) is 12.4. The van der Waals surface area contributed by atoms with E-state index in [1.807, 2.05) is 0 Å². The molecular weight excluding hydrogens is 215 g/mol. The molecule has 0 fully saturated rings. The summed E-state index contributed by atoms with van der Waals surface area (Å²) in [5.74, 6) is 0.152. The van der Waals surface area contributed by atoms with Crippen LogP contribution in [0, 0.1) is 5.92 Å². The molecule has 0 saturated heterocycles. The fourth-order valence-corrected chi connectivity index (χ4v) is 1.14. The van der Waals surface area contributed by atoms with Gasteiger partial charge in [-0.2, -0.15) is 0 Å². The Labute approximate surface area is 121 Å². The fourth-order valence-electron chi connectivity index (χ4n) is 1.14. The van der Waals surface area contributed by atoms with E-state index in [1.54, 1.807) is 12.2 Å². The molecule has 0 rings (SSSR count). The second kappa shape index (κ2) is 15.4. The van der Waals surface area contributed by atoms with Crippen LogP contribution in [0.5, 0.6) is 0 Å². The SMILES string of the molecule is C=CCOCCC(C[O-])CCOCC=C.[Na+]. The summed E-state index contributed by atoms with van der Waals surface area (Å²) in [5, 5.41) is 10.8. The van der Waals surface area contributed by atoms with Crippen LogP contribution in [0.2, 0.25) is 0 Å². The van der Waals surface area contributed by atoms with Crippen LogP contribution < -0.4 is 34.7 Å². The predicted octanol–water partition coefficient (Wildman–Crippen LogP) is -1.85. The minimum absolute atomic E-state index is 0. The number of rotatable bonds is 11. The maximum absolute atomic E-state index is 10.8. The molecule has 0 bridgehead atoms. The van der Waals surface area contributed by atoms with E-state index in [2.05, 4.69) is 13.2 Å². The van der Waals surface area contributed by atoms with Crippen LogP contribution in [0.4, 0.5) is 0 Å². The molecule has 0 aliphatic rings. The van der Waals surface area contributed by atoms with Gasteiger partial charge in [-0.1, -0.05) is 18.1 Å². The molecule has 0 saturated carbocycles. The molecule has 0 aliphatic heterocycles. The van der Waals surface area contributed by atoms with E-state index >= 15 is 0 Å². The average molecular weight is 236 g/mol. The minimum Gasteiger partial charge on any atom is -0.854 e. The van der Waals surface area contributed by atoms with Gasteiger partial charge in [0.25, 0.3) is 0 Å². The van der Waals surface area contributed by atoms with Gasteiger partial charge < -0.3 is 14.6 Å². The summed E-state index contributed by atoms with van der Waals surface area (Å²) >= 11 is 0. The smallest absolute Gasteiger partial charge is 0.854 e. The fraction of sp³-hybridized carbons (Fsp3) is 0.667. The predicted molar refractivity (Wildman–Crippen MR) is 59.6 cm³/mol. The molecule has 88 valence electrons. The van der Waals surface area contributed by atoms with E-state index in [0.717, 1.165) is 12.8 Å². The Morgan fingerprint density at radius 1 is 1.00 bits per heavy atom. The molecule has 0 atom stereocenters. The molecule has 0 radical (unpaired) electrons. The van der Waals surface area contributed by atoms with Crippen molar-refractivity contribution in [1.82, 2.24) is 0 Å². The van der Waals surface area contributed by atoms with Gasteiger partial charge in [-0.25, -0.2) is 0 Å². The van der Waals surface area contributed by atoms with Gasteiger partial charge in [-0.15, -0.1) is 19.8 Å². The third-order valence-corrected chi connectivity index (χ3v) is 2.05. The van der Waals surface area contributed by atoms with Gasteiger partial charge >= 0.3 is 29.6 Å². The molecule has 0 N–H and O–H groups in total. The van der Waals surface area contributed by atoms with Gasteiger partial charge in [0.15, 0.2) is 0 Å². The van der Waals surface area contributed by atoms with Crippen molar-refractivity contribution in [2.75, 3.05) is 33.0 Å². The molecule has 0 unspecified atom stereocenters. The Morgan fingerprint density at radius 2 is 1.44 bits per heavy atom. The van der Waals surface area contributed by atoms with Gasteiger partial charge in [0.2, 0.25) is 0 Å². The van der Waals surface area contributed by atoms with Crippen LogP contribution in [0.3, 0.4) is 0 Å². The first kappa shape index (κ1) is 18.7. The van der Waals surface area contributed by atoms with Crippen molar-refractivity contribution >= 4 is 0 Å². The summed E-state index contributed by atoms with van der Waals surface area (Å²) in [6.45, 7) is 9.40. The zero-order valence-electron chi connectivity index (χ0n) is 10.3. The summed E-state index contributed by atoms with van der Waals surface area (Å²) < 4.78 is 10.5. The first-order valence-corrected chi connectivity index (χ1v) is 5.30. The topological polar surface area (TPSA) is 41.5 Å². The van der Waals surface area contributed by atoms with Crippen molar-refractivity contribution in [2.45, 2.75) is 12.8 Å². The maximum Gasteiger partial charge on any atom is 1.00 e. The molecule has 0 amide bonds. The monoisotopic (exact) mass is 236 g/mol. The van der Waals surface area contributed by atoms with E-state index in [4.69, 9.17) is 9.47 Å². The second-order valence-corrected chi connectivity index (χ2v) is 3.34. The Hall–Kier alpha value is 0.360. The molecule has 16 heavy (non-hydrogen) atoms. The second-order valence-electron chi connectivity index (χ2n) is 3.34. The number of ether oxygens (including phenoxy) is 2. The number of hydrogen-bond acceptors (Lipinski definition) is 3. The normalized spacial score (nSPS) is 9.88. The van der Waals surface area contributed by atoms with Crippen LogP contribution in [0.1, 0.15) is 12.8 Å². The van der Waals surface area contributed by atoms with Crippen LogP contribution in [0.25, 0.3) is 0 Å². The largest absolute Gasteiger partial charge is 1.00 e. The maximum atomic E-state index is 10.8. The van der Waals surface area contributed by atoms with Crippen molar-refractivity contribution in [1.29, 1.82) is 0 Å². The van der Waals surface area contributed by atoms with Crippen LogP contribution in [-0.2, 0) is 9.47 Å².